The Balaban J connectivity index is 1.77. The number of hydrogen-bond acceptors (Lipinski definition) is 4. The fraction of sp³-hybridized carbons (Fsp3) is 0.280. The van der Waals surface area contributed by atoms with Crippen LogP contribution in [0.25, 0.3) is 28.0 Å². The van der Waals surface area contributed by atoms with Crippen LogP contribution >= 0.6 is 11.6 Å². The highest BCUT2D eigenvalue weighted by atomic mass is 35.5. The first-order chi connectivity index (χ1) is 15.0. The zero-order valence-corrected chi connectivity index (χ0v) is 18.5. The van der Waals surface area contributed by atoms with E-state index >= 15 is 0 Å². The molecule has 2 aromatic carbocycles. The van der Waals surface area contributed by atoms with Gasteiger partial charge in [0.15, 0.2) is 5.65 Å². The van der Waals surface area contributed by atoms with Crippen molar-refractivity contribution in [2.75, 3.05) is 18.1 Å². The number of nitrogens with zero attached hydrogens (tertiary/aromatic N) is 4. The summed E-state index contributed by atoms with van der Waals surface area (Å²) < 4.78 is 1.93. The lowest BCUT2D eigenvalue weighted by molar-refractivity contribution is 0.266. The van der Waals surface area contributed by atoms with Gasteiger partial charge >= 0.3 is 0 Å². The van der Waals surface area contributed by atoms with E-state index in [2.05, 4.69) is 42.2 Å². The van der Waals surface area contributed by atoms with Gasteiger partial charge in [0, 0.05) is 28.8 Å². The molecule has 0 aliphatic carbocycles. The van der Waals surface area contributed by atoms with E-state index in [0.29, 0.717) is 5.02 Å². The molecule has 1 aliphatic heterocycles. The van der Waals surface area contributed by atoms with E-state index in [1.165, 1.54) is 5.56 Å². The standard InChI is InChI=1S/C25H25ClN4O/c1-16-5-7-19(8-6-16)24-17(2)28-30-22(18-9-11-20(26)12-10-18)14-23(27-25(24)30)29-13-3-4-21(29)15-31/h5-12,14,21,31H,3-4,13,15H2,1-2H3. The van der Waals surface area contributed by atoms with Gasteiger partial charge in [0.05, 0.1) is 24.0 Å². The molecule has 1 saturated heterocycles. The summed E-state index contributed by atoms with van der Waals surface area (Å²) in [5.41, 5.74) is 7.10. The number of aliphatic hydroxyl groups excluding tert-OH is 1. The Morgan fingerprint density at radius 1 is 1.03 bits per heavy atom. The minimum absolute atomic E-state index is 0.0971. The maximum Gasteiger partial charge on any atom is 0.166 e. The Morgan fingerprint density at radius 2 is 1.74 bits per heavy atom. The SMILES string of the molecule is Cc1ccc(-c2c(C)nn3c(-c4ccc(Cl)cc4)cc(N4CCCC4CO)nc23)cc1. The molecule has 2 aromatic heterocycles. The van der Waals surface area contributed by atoms with Crippen LogP contribution in [0, 0.1) is 13.8 Å². The molecule has 3 heterocycles. The van der Waals surface area contributed by atoms with Crippen LogP contribution in [0.3, 0.4) is 0 Å². The van der Waals surface area contributed by atoms with Crippen molar-refractivity contribution < 1.29 is 5.11 Å². The molecule has 31 heavy (non-hydrogen) atoms. The van der Waals surface area contributed by atoms with Crippen LogP contribution in [0.15, 0.2) is 54.6 Å². The highest BCUT2D eigenvalue weighted by Gasteiger charge is 2.27. The fourth-order valence-corrected chi connectivity index (χ4v) is 4.60. The van der Waals surface area contributed by atoms with Crippen LogP contribution in [0.4, 0.5) is 5.82 Å². The van der Waals surface area contributed by atoms with E-state index in [-0.39, 0.29) is 12.6 Å². The summed E-state index contributed by atoms with van der Waals surface area (Å²) in [6.45, 7) is 5.14. The molecule has 0 spiro atoms. The predicted octanol–water partition coefficient (Wildman–Crippen LogP) is 5.29. The average Bonchev–Trinajstić information content (AvgIpc) is 3.38. The lowest BCUT2D eigenvalue weighted by Crippen LogP contribution is -2.32. The summed E-state index contributed by atoms with van der Waals surface area (Å²) in [4.78, 5) is 7.29. The predicted molar refractivity (Wildman–Crippen MR) is 126 cm³/mol. The van der Waals surface area contributed by atoms with Crippen molar-refractivity contribution in [1.82, 2.24) is 14.6 Å². The lowest BCUT2D eigenvalue weighted by Gasteiger charge is -2.25. The first-order valence-corrected chi connectivity index (χ1v) is 11.0. The van der Waals surface area contributed by atoms with Gasteiger partial charge in [0.1, 0.15) is 5.82 Å². The summed E-state index contributed by atoms with van der Waals surface area (Å²) in [7, 11) is 0. The Labute approximate surface area is 186 Å². The van der Waals surface area contributed by atoms with Gasteiger partial charge in [-0.1, -0.05) is 53.6 Å². The second kappa shape index (κ2) is 7.98. The van der Waals surface area contributed by atoms with Crippen molar-refractivity contribution >= 4 is 23.1 Å². The van der Waals surface area contributed by atoms with Gasteiger partial charge in [0.25, 0.3) is 0 Å². The van der Waals surface area contributed by atoms with Gasteiger partial charge in [0.2, 0.25) is 0 Å². The van der Waals surface area contributed by atoms with E-state index in [1.807, 2.05) is 35.7 Å². The summed E-state index contributed by atoms with van der Waals surface area (Å²) in [5, 5.41) is 15.5. The largest absolute Gasteiger partial charge is 0.394 e. The number of rotatable bonds is 4. The first-order valence-electron chi connectivity index (χ1n) is 10.7. The monoisotopic (exact) mass is 432 g/mol. The van der Waals surface area contributed by atoms with Gasteiger partial charge in [-0.05, 0) is 44.4 Å². The fourth-order valence-electron chi connectivity index (χ4n) is 4.47. The molecule has 1 aliphatic rings. The summed E-state index contributed by atoms with van der Waals surface area (Å²) in [5.74, 6) is 0.877. The van der Waals surface area contributed by atoms with Crippen LogP contribution in [0.5, 0.6) is 0 Å². The maximum absolute atomic E-state index is 9.89. The molecule has 6 heteroatoms. The molecule has 158 valence electrons. The van der Waals surface area contributed by atoms with Crippen molar-refractivity contribution in [3.8, 4) is 22.4 Å². The van der Waals surface area contributed by atoms with Gasteiger partial charge in [-0.25, -0.2) is 9.50 Å². The third-order valence-electron chi connectivity index (χ3n) is 6.11. The third kappa shape index (κ3) is 3.58. The quantitative estimate of drug-likeness (QED) is 0.475. The number of halogens is 1. The number of aryl methyl sites for hydroxylation is 2. The topological polar surface area (TPSA) is 53.7 Å². The van der Waals surface area contributed by atoms with Crippen LogP contribution in [-0.2, 0) is 0 Å². The molecule has 4 aromatic rings. The lowest BCUT2D eigenvalue weighted by atomic mass is 10.0. The van der Waals surface area contributed by atoms with Crippen molar-refractivity contribution in [2.24, 2.45) is 0 Å². The molecule has 5 nitrogen and oxygen atoms in total. The second-order valence-corrected chi connectivity index (χ2v) is 8.68. The first kappa shape index (κ1) is 20.0. The van der Waals surface area contributed by atoms with E-state index in [1.54, 1.807) is 0 Å². The van der Waals surface area contributed by atoms with Crippen LogP contribution in [0.2, 0.25) is 5.02 Å². The summed E-state index contributed by atoms with van der Waals surface area (Å²) >= 11 is 6.14. The van der Waals surface area contributed by atoms with E-state index in [0.717, 1.165) is 58.9 Å². The van der Waals surface area contributed by atoms with Crippen molar-refractivity contribution in [3.05, 3.63) is 70.9 Å². The highest BCUT2D eigenvalue weighted by molar-refractivity contribution is 6.30. The molecule has 0 saturated carbocycles. The molecule has 0 amide bonds. The molecule has 1 unspecified atom stereocenters. The van der Waals surface area contributed by atoms with Gasteiger partial charge in [-0.15, -0.1) is 0 Å². The smallest absolute Gasteiger partial charge is 0.166 e. The average molecular weight is 433 g/mol. The minimum Gasteiger partial charge on any atom is -0.394 e. The van der Waals surface area contributed by atoms with Crippen LogP contribution in [0.1, 0.15) is 24.1 Å². The minimum atomic E-state index is 0.0971. The van der Waals surface area contributed by atoms with Crippen molar-refractivity contribution in [3.63, 3.8) is 0 Å². The highest BCUT2D eigenvalue weighted by Crippen LogP contribution is 2.34. The van der Waals surface area contributed by atoms with Crippen LogP contribution in [-0.4, -0.2) is 38.9 Å². The Morgan fingerprint density at radius 3 is 2.45 bits per heavy atom. The molecule has 5 rings (SSSR count). The molecule has 1 fully saturated rings. The number of fused-ring (bicyclic) bond motifs is 1. The Hall–Kier alpha value is -2.89. The zero-order valence-electron chi connectivity index (χ0n) is 17.7. The molecule has 0 radical (unpaired) electrons. The second-order valence-electron chi connectivity index (χ2n) is 8.24. The van der Waals surface area contributed by atoms with Crippen molar-refractivity contribution in [2.45, 2.75) is 32.7 Å². The van der Waals surface area contributed by atoms with E-state index in [9.17, 15) is 5.11 Å². The molecular weight excluding hydrogens is 408 g/mol. The summed E-state index contributed by atoms with van der Waals surface area (Å²) in [6, 6.07) is 18.5. The number of anilines is 1. The number of hydrogen-bond donors (Lipinski definition) is 1. The van der Waals surface area contributed by atoms with Crippen molar-refractivity contribution in [1.29, 1.82) is 0 Å². The maximum atomic E-state index is 9.89. The van der Waals surface area contributed by atoms with Crippen LogP contribution < -0.4 is 4.90 Å². The molecular formula is C25H25ClN4O. The zero-order chi connectivity index (χ0) is 21.5. The van der Waals surface area contributed by atoms with E-state index < -0.39 is 0 Å². The number of aromatic nitrogens is 3. The number of benzene rings is 2. The van der Waals surface area contributed by atoms with Gasteiger partial charge < -0.3 is 10.0 Å². The number of aliphatic hydroxyl groups is 1. The van der Waals surface area contributed by atoms with Gasteiger partial charge in [-0.2, -0.15) is 5.10 Å². The van der Waals surface area contributed by atoms with E-state index in [4.69, 9.17) is 21.7 Å². The molecule has 0 bridgehead atoms. The van der Waals surface area contributed by atoms with Gasteiger partial charge in [-0.3, -0.25) is 0 Å². The third-order valence-corrected chi connectivity index (χ3v) is 6.36. The molecule has 1 N–H and O–H groups in total. The Bertz CT molecular complexity index is 1230. The normalized spacial score (nSPS) is 16.4. The Kier molecular flexibility index (Phi) is 5.16. The molecule has 1 atom stereocenters. The summed E-state index contributed by atoms with van der Waals surface area (Å²) in [6.07, 6.45) is 2.03.